The molecule has 0 aliphatic carbocycles. The van der Waals surface area contributed by atoms with E-state index in [4.69, 9.17) is 27.9 Å². The monoisotopic (exact) mass is 515 g/mol. The maximum atomic E-state index is 13.3. The minimum Gasteiger partial charge on any atom is -0.494 e. The number of nitrogens with one attached hydrogen (secondary N) is 1. The van der Waals surface area contributed by atoms with Gasteiger partial charge < -0.3 is 15.0 Å². The number of benzene rings is 2. The van der Waals surface area contributed by atoms with Crippen LogP contribution in [-0.4, -0.2) is 57.6 Å². The molecule has 2 aromatic carbocycles. The lowest BCUT2D eigenvalue weighted by molar-refractivity contribution is -0.139. The molecule has 11 heteroatoms. The van der Waals surface area contributed by atoms with E-state index in [1.165, 1.54) is 18.0 Å². The number of anilines is 1. The van der Waals surface area contributed by atoms with Crippen LogP contribution in [0.4, 0.5) is 5.69 Å². The Hall–Kier alpha value is -2.49. The predicted octanol–water partition coefficient (Wildman–Crippen LogP) is 3.32. The highest BCUT2D eigenvalue weighted by atomic mass is 35.5. The number of hydrogen-bond donors (Lipinski definition) is 1. The molecule has 0 heterocycles. The number of ether oxygens (including phenoxy) is 1. The molecular formula is C22H27Cl2N3O5S. The van der Waals surface area contributed by atoms with Crippen LogP contribution in [0.5, 0.6) is 5.75 Å². The molecule has 0 bridgehead atoms. The van der Waals surface area contributed by atoms with Crippen molar-refractivity contribution in [3.05, 3.63) is 58.1 Å². The molecule has 0 radical (unpaired) electrons. The Morgan fingerprint density at radius 3 is 2.27 bits per heavy atom. The molecule has 0 aliphatic rings. The van der Waals surface area contributed by atoms with E-state index < -0.39 is 34.4 Å². The summed E-state index contributed by atoms with van der Waals surface area (Å²) in [4.78, 5) is 26.9. The summed E-state index contributed by atoms with van der Waals surface area (Å²) in [6.07, 6.45) is 1.01. The van der Waals surface area contributed by atoms with Gasteiger partial charge in [0.1, 0.15) is 18.3 Å². The lowest BCUT2D eigenvalue weighted by Crippen LogP contribution is -2.50. The third kappa shape index (κ3) is 7.25. The number of nitrogens with zero attached hydrogens (tertiary/aromatic N) is 2. The average Bonchev–Trinajstić information content (AvgIpc) is 2.76. The first-order chi connectivity index (χ1) is 15.5. The van der Waals surface area contributed by atoms with Crippen molar-refractivity contribution in [1.29, 1.82) is 0 Å². The molecular weight excluding hydrogens is 489 g/mol. The van der Waals surface area contributed by atoms with Crippen LogP contribution in [0.15, 0.2) is 42.5 Å². The fourth-order valence-corrected chi connectivity index (χ4v) is 4.43. The minimum atomic E-state index is -3.81. The number of carbonyl (C=O) groups excluding carboxylic acids is 2. The second-order valence-corrected chi connectivity index (χ2v) is 9.99. The summed E-state index contributed by atoms with van der Waals surface area (Å²) in [5, 5.41) is 3.27. The van der Waals surface area contributed by atoms with E-state index in [0.717, 1.165) is 10.6 Å². The van der Waals surface area contributed by atoms with Crippen molar-refractivity contribution in [2.45, 2.75) is 26.4 Å². The molecule has 0 saturated carbocycles. The smallest absolute Gasteiger partial charge is 0.244 e. The lowest BCUT2D eigenvalue weighted by Gasteiger charge is -2.31. The van der Waals surface area contributed by atoms with Crippen molar-refractivity contribution in [2.75, 3.05) is 30.8 Å². The molecule has 8 nitrogen and oxygen atoms in total. The topological polar surface area (TPSA) is 96.0 Å². The molecule has 0 saturated heterocycles. The molecule has 0 unspecified atom stereocenters. The van der Waals surface area contributed by atoms with E-state index in [9.17, 15) is 18.0 Å². The van der Waals surface area contributed by atoms with Gasteiger partial charge in [-0.1, -0.05) is 29.3 Å². The van der Waals surface area contributed by atoms with Gasteiger partial charge >= 0.3 is 0 Å². The van der Waals surface area contributed by atoms with Crippen molar-refractivity contribution in [3.63, 3.8) is 0 Å². The Kier molecular flexibility index (Phi) is 9.39. The van der Waals surface area contributed by atoms with Gasteiger partial charge in [-0.15, -0.1) is 0 Å². The van der Waals surface area contributed by atoms with Crippen LogP contribution in [0.2, 0.25) is 10.0 Å². The zero-order valence-corrected chi connectivity index (χ0v) is 21.2. The summed E-state index contributed by atoms with van der Waals surface area (Å²) in [7, 11) is -2.35. The number of carbonyl (C=O) groups is 2. The molecule has 180 valence electrons. The van der Waals surface area contributed by atoms with Crippen LogP contribution in [0.3, 0.4) is 0 Å². The van der Waals surface area contributed by atoms with Gasteiger partial charge in [0.2, 0.25) is 21.8 Å². The highest BCUT2D eigenvalue weighted by Gasteiger charge is 2.30. The predicted molar refractivity (Wildman–Crippen MR) is 130 cm³/mol. The average molecular weight is 516 g/mol. The Morgan fingerprint density at radius 1 is 1.12 bits per heavy atom. The van der Waals surface area contributed by atoms with Gasteiger partial charge in [-0.05, 0) is 55.8 Å². The fraction of sp³-hybridized carbons (Fsp3) is 0.364. The van der Waals surface area contributed by atoms with Crippen LogP contribution in [0.25, 0.3) is 0 Å². The summed E-state index contributed by atoms with van der Waals surface area (Å²) < 4.78 is 31.4. The van der Waals surface area contributed by atoms with E-state index in [1.54, 1.807) is 43.3 Å². The lowest BCUT2D eigenvalue weighted by atomic mass is 10.1. The molecule has 0 aromatic heterocycles. The Morgan fingerprint density at radius 2 is 1.76 bits per heavy atom. The zero-order valence-electron chi connectivity index (χ0n) is 18.8. The summed E-state index contributed by atoms with van der Waals surface area (Å²) in [5.41, 5.74) is 0.864. The molecule has 0 spiro atoms. The molecule has 2 aromatic rings. The van der Waals surface area contributed by atoms with Crippen molar-refractivity contribution in [1.82, 2.24) is 10.2 Å². The van der Waals surface area contributed by atoms with E-state index in [2.05, 4.69) is 5.32 Å². The summed E-state index contributed by atoms with van der Waals surface area (Å²) in [5.74, 6) is -0.398. The Balaban J connectivity index is 2.38. The van der Waals surface area contributed by atoms with Crippen molar-refractivity contribution < 1.29 is 22.7 Å². The minimum absolute atomic E-state index is 0.00962. The first kappa shape index (κ1) is 26.8. The third-order valence-electron chi connectivity index (χ3n) is 4.88. The van der Waals surface area contributed by atoms with Gasteiger partial charge in [-0.3, -0.25) is 13.9 Å². The van der Waals surface area contributed by atoms with Crippen LogP contribution in [-0.2, 0) is 26.2 Å². The number of likely N-dealkylation sites (N-methyl/N-ethyl adjacent to an activating group) is 1. The van der Waals surface area contributed by atoms with Gasteiger partial charge in [-0.2, -0.15) is 0 Å². The second kappa shape index (κ2) is 11.6. The molecule has 2 amide bonds. The highest BCUT2D eigenvalue weighted by Crippen LogP contribution is 2.25. The highest BCUT2D eigenvalue weighted by molar-refractivity contribution is 7.92. The van der Waals surface area contributed by atoms with Crippen LogP contribution >= 0.6 is 23.2 Å². The largest absolute Gasteiger partial charge is 0.494 e. The van der Waals surface area contributed by atoms with E-state index in [-0.39, 0.29) is 6.54 Å². The third-order valence-corrected chi connectivity index (χ3v) is 6.61. The zero-order chi connectivity index (χ0) is 24.8. The van der Waals surface area contributed by atoms with Gasteiger partial charge in [0.15, 0.2) is 0 Å². The maximum Gasteiger partial charge on any atom is 0.244 e. The summed E-state index contributed by atoms with van der Waals surface area (Å²) in [6.45, 7) is 3.35. The number of sulfonamides is 1. The summed E-state index contributed by atoms with van der Waals surface area (Å²) in [6, 6.07) is 10.3. The van der Waals surface area contributed by atoms with Gasteiger partial charge in [0, 0.05) is 23.6 Å². The number of amides is 2. The van der Waals surface area contributed by atoms with Gasteiger partial charge in [-0.25, -0.2) is 8.42 Å². The van der Waals surface area contributed by atoms with E-state index >= 15 is 0 Å². The maximum absolute atomic E-state index is 13.3. The van der Waals surface area contributed by atoms with Crippen molar-refractivity contribution in [3.8, 4) is 5.75 Å². The quantitative estimate of drug-likeness (QED) is 0.523. The Bertz CT molecular complexity index is 1090. The standard InChI is InChI=1S/C22H27Cl2N3O5S/c1-5-32-19-10-8-18(9-11-19)27(33(4,30)31)14-21(28)26(15(2)22(29)25-3)13-16-6-7-17(23)12-20(16)24/h6-12,15H,5,13-14H2,1-4H3,(H,25,29)/t15-/m1/s1. The number of halogens is 2. The number of hydrogen-bond acceptors (Lipinski definition) is 5. The normalized spacial score (nSPS) is 12.1. The van der Waals surface area contributed by atoms with E-state index in [1.807, 2.05) is 6.92 Å². The van der Waals surface area contributed by atoms with Gasteiger partial charge in [0.05, 0.1) is 18.6 Å². The number of rotatable bonds is 10. The fourth-order valence-electron chi connectivity index (χ4n) is 3.11. The van der Waals surface area contributed by atoms with Gasteiger partial charge in [0.25, 0.3) is 0 Å². The molecule has 0 fully saturated rings. The Labute approximate surface area is 204 Å². The molecule has 1 N–H and O–H groups in total. The SMILES string of the molecule is CCOc1ccc(N(CC(=O)N(Cc2ccc(Cl)cc2Cl)[C@H](C)C(=O)NC)S(C)(=O)=O)cc1. The molecule has 2 rings (SSSR count). The first-order valence-corrected chi connectivity index (χ1v) is 12.7. The molecule has 0 aliphatic heterocycles. The van der Waals surface area contributed by atoms with Crippen LogP contribution < -0.4 is 14.4 Å². The van der Waals surface area contributed by atoms with Crippen molar-refractivity contribution in [2.24, 2.45) is 0 Å². The first-order valence-electron chi connectivity index (χ1n) is 10.1. The van der Waals surface area contributed by atoms with Crippen LogP contribution in [0, 0.1) is 0 Å². The molecule has 33 heavy (non-hydrogen) atoms. The van der Waals surface area contributed by atoms with Crippen molar-refractivity contribution >= 4 is 50.7 Å². The van der Waals surface area contributed by atoms with E-state index in [0.29, 0.717) is 33.7 Å². The second-order valence-electron chi connectivity index (χ2n) is 7.24. The molecule has 1 atom stereocenters. The summed E-state index contributed by atoms with van der Waals surface area (Å²) >= 11 is 12.2. The van der Waals surface area contributed by atoms with Crippen LogP contribution in [0.1, 0.15) is 19.4 Å².